The minimum atomic E-state index is -0.219. The van der Waals surface area contributed by atoms with Gasteiger partial charge in [-0.25, -0.2) is 4.39 Å². The number of nitrogens with zero attached hydrogens (tertiary/aromatic N) is 1. The van der Waals surface area contributed by atoms with Crippen molar-refractivity contribution in [3.8, 4) is 0 Å². The molecule has 0 aromatic heterocycles. The Balaban J connectivity index is 1.82. The molecule has 0 saturated carbocycles. The number of fused-ring (bicyclic) bond motifs is 2. The summed E-state index contributed by atoms with van der Waals surface area (Å²) in [6.45, 7) is 3.03. The van der Waals surface area contributed by atoms with Crippen molar-refractivity contribution < 1.29 is 9.18 Å². The first-order valence-electron chi connectivity index (χ1n) is 5.99. The van der Waals surface area contributed by atoms with Crippen molar-refractivity contribution in [2.75, 3.05) is 31.1 Å². The van der Waals surface area contributed by atoms with Crippen molar-refractivity contribution in [2.45, 2.75) is 0 Å². The third-order valence-corrected chi connectivity index (χ3v) is 3.66. The maximum atomic E-state index is 12.9. The Bertz CT molecular complexity index is 416. The lowest BCUT2D eigenvalue weighted by molar-refractivity contribution is -0.129. The van der Waals surface area contributed by atoms with Crippen LogP contribution < -0.4 is 10.2 Å². The lowest BCUT2D eigenvalue weighted by Crippen LogP contribution is -2.57. The molecule has 2 saturated heterocycles. The van der Waals surface area contributed by atoms with E-state index in [1.165, 1.54) is 12.1 Å². The number of carbonyl (C=O) groups is 1. The van der Waals surface area contributed by atoms with Crippen molar-refractivity contribution in [1.82, 2.24) is 5.32 Å². The lowest BCUT2D eigenvalue weighted by atomic mass is 9.84. The largest absolute Gasteiger partial charge is 0.370 e. The van der Waals surface area contributed by atoms with E-state index < -0.39 is 0 Å². The fraction of sp³-hybridized carbons (Fsp3) is 0.462. The van der Waals surface area contributed by atoms with Crippen LogP contribution in [-0.4, -0.2) is 32.0 Å². The molecule has 2 bridgehead atoms. The van der Waals surface area contributed by atoms with Gasteiger partial charge in [-0.15, -0.1) is 0 Å². The maximum Gasteiger partial charge on any atom is 0.145 e. The zero-order valence-corrected chi connectivity index (χ0v) is 9.53. The average Bonchev–Trinajstić information content (AvgIpc) is 2.30. The van der Waals surface area contributed by atoms with Gasteiger partial charge in [0.2, 0.25) is 0 Å². The molecular weight excluding hydrogens is 219 g/mol. The molecule has 0 spiro atoms. The van der Waals surface area contributed by atoms with E-state index >= 15 is 0 Å². The first-order valence-corrected chi connectivity index (χ1v) is 5.99. The molecule has 3 nitrogen and oxygen atoms in total. The molecule has 0 radical (unpaired) electrons. The predicted molar refractivity (Wildman–Crippen MR) is 63.5 cm³/mol. The van der Waals surface area contributed by atoms with E-state index in [4.69, 9.17) is 0 Å². The molecule has 3 rings (SSSR count). The summed E-state index contributed by atoms with van der Waals surface area (Å²) in [5.74, 6) is 0.353. The highest BCUT2D eigenvalue weighted by Crippen LogP contribution is 2.26. The van der Waals surface area contributed by atoms with Crippen molar-refractivity contribution in [2.24, 2.45) is 11.8 Å². The molecule has 2 heterocycles. The monoisotopic (exact) mass is 234 g/mol. The average molecular weight is 234 g/mol. The highest BCUT2D eigenvalue weighted by Gasteiger charge is 2.37. The van der Waals surface area contributed by atoms with Crippen LogP contribution in [0.5, 0.6) is 0 Å². The van der Waals surface area contributed by atoms with Crippen LogP contribution in [0.15, 0.2) is 24.3 Å². The number of rotatable bonds is 1. The van der Waals surface area contributed by atoms with Crippen LogP contribution >= 0.6 is 0 Å². The third kappa shape index (κ3) is 1.93. The molecule has 2 aliphatic heterocycles. The molecule has 90 valence electrons. The number of benzene rings is 1. The van der Waals surface area contributed by atoms with Gasteiger partial charge in [-0.1, -0.05) is 0 Å². The standard InChI is InChI=1S/C13H15FN2O/c14-11-1-3-12(4-2-11)16-7-9-5-15-6-10(8-16)13(9)17/h1-4,9-10,15H,5-8H2. The molecule has 4 heteroatoms. The molecule has 1 aromatic carbocycles. The summed E-state index contributed by atoms with van der Waals surface area (Å²) < 4.78 is 12.9. The molecular formula is C13H15FN2O. The van der Waals surface area contributed by atoms with E-state index in [0.29, 0.717) is 5.78 Å². The number of hydrogen-bond acceptors (Lipinski definition) is 3. The highest BCUT2D eigenvalue weighted by molar-refractivity contribution is 5.87. The number of hydrogen-bond donors (Lipinski definition) is 1. The summed E-state index contributed by atoms with van der Waals surface area (Å²) in [6, 6.07) is 6.52. The predicted octanol–water partition coefficient (Wildman–Crippen LogP) is 1.05. The number of halogens is 1. The van der Waals surface area contributed by atoms with E-state index in [9.17, 15) is 9.18 Å². The van der Waals surface area contributed by atoms with Crippen LogP contribution in [0.4, 0.5) is 10.1 Å². The summed E-state index contributed by atoms with van der Waals surface area (Å²) in [4.78, 5) is 14.1. The van der Waals surface area contributed by atoms with E-state index in [1.54, 1.807) is 12.1 Å². The summed E-state index contributed by atoms with van der Waals surface area (Å²) in [5, 5.41) is 3.29. The Hall–Kier alpha value is -1.42. The summed E-state index contributed by atoms with van der Waals surface area (Å²) in [6.07, 6.45) is 0. The molecule has 0 aliphatic carbocycles. The van der Waals surface area contributed by atoms with Gasteiger partial charge < -0.3 is 10.2 Å². The molecule has 2 atom stereocenters. The van der Waals surface area contributed by atoms with Crippen molar-refractivity contribution >= 4 is 11.5 Å². The molecule has 1 aromatic rings. The Morgan fingerprint density at radius 2 is 1.71 bits per heavy atom. The van der Waals surface area contributed by atoms with E-state index in [1.807, 2.05) is 0 Å². The van der Waals surface area contributed by atoms with Gasteiger partial charge in [0, 0.05) is 43.7 Å². The van der Waals surface area contributed by atoms with Gasteiger partial charge in [0.1, 0.15) is 11.6 Å². The minimum Gasteiger partial charge on any atom is -0.370 e. The zero-order valence-electron chi connectivity index (χ0n) is 9.53. The minimum absolute atomic E-state index is 0.0903. The summed E-state index contributed by atoms with van der Waals surface area (Å²) in [7, 11) is 0. The second-order valence-electron chi connectivity index (χ2n) is 4.84. The number of nitrogens with one attached hydrogen (secondary N) is 1. The van der Waals surface area contributed by atoms with Gasteiger partial charge in [-0.2, -0.15) is 0 Å². The van der Waals surface area contributed by atoms with Gasteiger partial charge in [-0.05, 0) is 24.3 Å². The number of piperidine rings is 2. The molecule has 2 fully saturated rings. The maximum absolute atomic E-state index is 12.9. The SMILES string of the molecule is O=C1C2CNCC1CN(c1ccc(F)cc1)C2. The second kappa shape index (κ2) is 4.11. The van der Waals surface area contributed by atoms with Crippen LogP contribution in [0.3, 0.4) is 0 Å². The molecule has 17 heavy (non-hydrogen) atoms. The first kappa shape index (κ1) is 10.7. The fourth-order valence-electron chi connectivity index (χ4n) is 2.74. The second-order valence-corrected chi connectivity index (χ2v) is 4.84. The van der Waals surface area contributed by atoms with Crippen molar-refractivity contribution in [1.29, 1.82) is 0 Å². The van der Waals surface area contributed by atoms with Gasteiger partial charge in [0.15, 0.2) is 0 Å². The summed E-state index contributed by atoms with van der Waals surface area (Å²) in [5.41, 5.74) is 1.01. The molecule has 0 amide bonds. The lowest BCUT2D eigenvalue weighted by Gasteiger charge is -2.41. The van der Waals surface area contributed by atoms with Gasteiger partial charge in [-0.3, -0.25) is 4.79 Å². The van der Waals surface area contributed by atoms with E-state index in [2.05, 4.69) is 10.2 Å². The van der Waals surface area contributed by atoms with Crippen LogP contribution in [0.25, 0.3) is 0 Å². The Morgan fingerprint density at radius 1 is 1.12 bits per heavy atom. The van der Waals surface area contributed by atoms with E-state index in [-0.39, 0.29) is 17.7 Å². The summed E-state index contributed by atoms with van der Waals surface area (Å²) >= 11 is 0. The zero-order chi connectivity index (χ0) is 11.8. The number of Topliss-reactive ketones (excluding diaryl/α,β-unsaturated/α-hetero) is 1. The van der Waals surface area contributed by atoms with Crippen molar-refractivity contribution in [3.63, 3.8) is 0 Å². The number of ketones is 1. The first-order chi connectivity index (χ1) is 8.24. The molecule has 2 unspecified atom stereocenters. The van der Waals surface area contributed by atoms with Gasteiger partial charge in [0.25, 0.3) is 0 Å². The van der Waals surface area contributed by atoms with Crippen LogP contribution in [-0.2, 0) is 4.79 Å². The Morgan fingerprint density at radius 3 is 2.29 bits per heavy atom. The Kier molecular flexibility index (Phi) is 2.59. The fourth-order valence-corrected chi connectivity index (χ4v) is 2.74. The topological polar surface area (TPSA) is 32.3 Å². The quantitative estimate of drug-likeness (QED) is 0.788. The van der Waals surface area contributed by atoms with E-state index in [0.717, 1.165) is 31.9 Å². The van der Waals surface area contributed by atoms with Crippen LogP contribution in [0, 0.1) is 17.7 Å². The van der Waals surface area contributed by atoms with Crippen LogP contribution in [0.2, 0.25) is 0 Å². The third-order valence-electron chi connectivity index (χ3n) is 3.66. The van der Waals surface area contributed by atoms with Gasteiger partial charge >= 0.3 is 0 Å². The highest BCUT2D eigenvalue weighted by atomic mass is 19.1. The van der Waals surface area contributed by atoms with Crippen molar-refractivity contribution in [3.05, 3.63) is 30.1 Å². The number of carbonyl (C=O) groups excluding carboxylic acids is 1. The molecule has 1 N–H and O–H groups in total. The van der Waals surface area contributed by atoms with Gasteiger partial charge in [0.05, 0.1) is 0 Å². The Labute approximate surface area is 99.6 Å². The number of anilines is 1. The smallest absolute Gasteiger partial charge is 0.145 e. The molecule has 2 aliphatic rings. The normalized spacial score (nSPS) is 28.3. The van der Waals surface area contributed by atoms with Crippen LogP contribution in [0.1, 0.15) is 0 Å².